The maximum absolute atomic E-state index is 12.6. The topological polar surface area (TPSA) is 83.1 Å². The highest BCUT2D eigenvalue weighted by molar-refractivity contribution is 5.88. The van der Waals surface area contributed by atoms with Crippen molar-refractivity contribution in [1.82, 2.24) is 20.7 Å². The van der Waals surface area contributed by atoms with E-state index in [-0.39, 0.29) is 12.1 Å². The van der Waals surface area contributed by atoms with Crippen LogP contribution in [0.25, 0.3) is 0 Å². The van der Waals surface area contributed by atoms with E-state index in [0.29, 0.717) is 11.5 Å². The number of nitrogens with one attached hydrogen (secondary N) is 2. The Balaban J connectivity index is 1.69. The highest BCUT2D eigenvalue weighted by Crippen LogP contribution is 2.37. The molecule has 2 atom stereocenters. The number of carbonyl (C=O) groups excluding carboxylic acids is 2. The first-order valence-electron chi connectivity index (χ1n) is 8.09. The summed E-state index contributed by atoms with van der Waals surface area (Å²) >= 11 is 0. The van der Waals surface area contributed by atoms with Gasteiger partial charge in [0, 0.05) is 11.1 Å². The number of amides is 4. The van der Waals surface area contributed by atoms with Crippen LogP contribution in [0.5, 0.6) is 11.5 Å². The fourth-order valence-electron chi connectivity index (χ4n) is 3.24. The van der Waals surface area contributed by atoms with Crippen molar-refractivity contribution in [2.24, 2.45) is 0 Å². The van der Waals surface area contributed by atoms with E-state index in [4.69, 9.17) is 9.47 Å². The Kier molecular flexibility index (Phi) is 3.80. The predicted molar refractivity (Wildman–Crippen MR) is 92.2 cm³/mol. The molecule has 2 heterocycles. The van der Waals surface area contributed by atoms with Gasteiger partial charge in [0.25, 0.3) is 0 Å². The van der Waals surface area contributed by atoms with E-state index < -0.39 is 12.3 Å². The highest BCUT2D eigenvalue weighted by atomic mass is 16.5. The lowest BCUT2D eigenvalue weighted by atomic mass is 10.1. The van der Waals surface area contributed by atoms with Gasteiger partial charge in [0.1, 0.15) is 11.5 Å². The molecule has 2 fully saturated rings. The van der Waals surface area contributed by atoms with Crippen molar-refractivity contribution in [3.8, 4) is 11.5 Å². The summed E-state index contributed by atoms with van der Waals surface area (Å²) in [6.45, 7) is 0. The number of ether oxygens (including phenoxy) is 2. The third-order valence-corrected chi connectivity index (χ3v) is 4.48. The number of methoxy groups -OCH3 is 2. The second-order valence-electron chi connectivity index (χ2n) is 5.95. The van der Waals surface area contributed by atoms with E-state index in [0.717, 1.165) is 11.1 Å². The summed E-state index contributed by atoms with van der Waals surface area (Å²) in [5.41, 5.74) is 1.50. The largest absolute Gasteiger partial charge is 0.497 e. The molecule has 0 unspecified atom stereocenters. The molecule has 134 valence electrons. The van der Waals surface area contributed by atoms with Crippen LogP contribution in [0.1, 0.15) is 23.5 Å². The second kappa shape index (κ2) is 6.14. The Labute approximate surface area is 150 Å². The maximum Gasteiger partial charge on any atom is 0.340 e. The van der Waals surface area contributed by atoms with Crippen molar-refractivity contribution in [2.45, 2.75) is 12.3 Å². The molecule has 2 aromatic carbocycles. The molecule has 4 amide bonds. The number of nitrogens with zero attached hydrogens (tertiary/aromatic N) is 2. The fraction of sp³-hybridized carbons (Fsp3) is 0.222. The number of fused-ring (bicyclic) bond motifs is 1. The van der Waals surface area contributed by atoms with Crippen LogP contribution in [0.3, 0.4) is 0 Å². The van der Waals surface area contributed by atoms with Crippen LogP contribution in [0.2, 0.25) is 0 Å². The van der Waals surface area contributed by atoms with E-state index in [1.54, 1.807) is 38.5 Å². The lowest BCUT2D eigenvalue weighted by molar-refractivity contribution is 0.0670. The Hall–Kier alpha value is -3.42. The lowest BCUT2D eigenvalue weighted by Gasteiger charge is -2.24. The molecule has 0 bridgehead atoms. The fourth-order valence-corrected chi connectivity index (χ4v) is 3.24. The standard InChI is InChI=1S/C18H18N4O4/c1-25-13-7-3-5-11(9-13)15-19-17(23)22-16(20-18(24)21(15)22)12-6-4-8-14(10-12)26-2/h3-10,15-16H,1-2H3,(H,19,23)(H,20,24)/t15-,16+. The number of carbonyl (C=O) groups is 2. The average molecular weight is 354 g/mol. The van der Waals surface area contributed by atoms with Gasteiger partial charge in [0.15, 0.2) is 12.3 Å². The van der Waals surface area contributed by atoms with Gasteiger partial charge in [-0.05, 0) is 24.3 Å². The van der Waals surface area contributed by atoms with Crippen molar-refractivity contribution < 1.29 is 19.1 Å². The van der Waals surface area contributed by atoms with Crippen LogP contribution < -0.4 is 20.1 Å². The monoisotopic (exact) mass is 354 g/mol. The van der Waals surface area contributed by atoms with Gasteiger partial charge >= 0.3 is 12.1 Å². The zero-order valence-electron chi connectivity index (χ0n) is 14.3. The van der Waals surface area contributed by atoms with Crippen LogP contribution in [0.4, 0.5) is 9.59 Å². The minimum Gasteiger partial charge on any atom is -0.497 e. The van der Waals surface area contributed by atoms with Gasteiger partial charge in [-0.2, -0.15) is 0 Å². The van der Waals surface area contributed by atoms with E-state index in [1.807, 2.05) is 24.3 Å². The van der Waals surface area contributed by atoms with Crippen molar-refractivity contribution in [2.75, 3.05) is 14.2 Å². The van der Waals surface area contributed by atoms with Gasteiger partial charge in [0.2, 0.25) is 0 Å². The van der Waals surface area contributed by atoms with Gasteiger partial charge in [-0.3, -0.25) is 0 Å². The highest BCUT2D eigenvalue weighted by Gasteiger charge is 2.51. The summed E-state index contributed by atoms with van der Waals surface area (Å²) in [4.78, 5) is 25.2. The summed E-state index contributed by atoms with van der Waals surface area (Å²) in [6, 6.07) is 13.8. The van der Waals surface area contributed by atoms with E-state index in [2.05, 4.69) is 10.6 Å². The van der Waals surface area contributed by atoms with Gasteiger partial charge in [-0.25, -0.2) is 19.6 Å². The summed E-state index contributed by atoms with van der Waals surface area (Å²) in [5, 5.41) is 8.48. The molecule has 2 aromatic rings. The van der Waals surface area contributed by atoms with Crippen LogP contribution in [-0.4, -0.2) is 36.3 Å². The smallest absolute Gasteiger partial charge is 0.340 e. The Bertz CT molecular complexity index is 800. The van der Waals surface area contributed by atoms with Crippen LogP contribution in [0, 0.1) is 0 Å². The molecular weight excluding hydrogens is 336 g/mol. The first-order chi connectivity index (χ1) is 12.6. The minimum absolute atomic E-state index is 0.357. The Morgan fingerprint density at radius 3 is 1.58 bits per heavy atom. The summed E-state index contributed by atoms with van der Waals surface area (Å²) in [7, 11) is 3.14. The number of benzene rings is 2. The zero-order chi connectivity index (χ0) is 18.3. The van der Waals surface area contributed by atoms with Crippen LogP contribution >= 0.6 is 0 Å². The first kappa shape index (κ1) is 16.1. The Morgan fingerprint density at radius 2 is 1.19 bits per heavy atom. The lowest BCUT2D eigenvalue weighted by Crippen LogP contribution is -2.36. The van der Waals surface area contributed by atoms with Crippen LogP contribution in [0.15, 0.2) is 48.5 Å². The van der Waals surface area contributed by atoms with Crippen molar-refractivity contribution in [3.63, 3.8) is 0 Å². The summed E-state index contributed by atoms with van der Waals surface area (Å²) in [5.74, 6) is 1.30. The van der Waals surface area contributed by atoms with Gasteiger partial charge in [-0.15, -0.1) is 0 Å². The molecule has 0 saturated carbocycles. The quantitative estimate of drug-likeness (QED) is 0.883. The molecule has 0 aromatic heterocycles. The molecule has 2 N–H and O–H groups in total. The number of hydrogen-bond donors (Lipinski definition) is 2. The number of rotatable bonds is 4. The SMILES string of the molecule is COc1cccc([C@H]2NC(=O)N3[C@H](c4cccc(OC)c4)NC(=O)N23)c1. The maximum atomic E-state index is 12.6. The molecule has 8 heteroatoms. The molecule has 26 heavy (non-hydrogen) atoms. The van der Waals surface area contributed by atoms with Gasteiger partial charge in [-0.1, -0.05) is 24.3 Å². The van der Waals surface area contributed by atoms with Crippen LogP contribution in [-0.2, 0) is 0 Å². The molecule has 0 radical (unpaired) electrons. The summed E-state index contributed by atoms with van der Waals surface area (Å²) < 4.78 is 10.5. The van der Waals surface area contributed by atoms with Gasteiger partial charge < -0.3 is 20.1 Å². The molecule has 4 rings (SSSR count). The molecule has 2 aliphatic heterocycles. The predicted octanol–water partition coefficient (Wildman–Crippen LogP) is 2.37. The molecular formula is C18H18N4O4. The number of urea groups is 2. The minimum atomic E-state index is -0.604. The molecule has 0 spiro atoms. The van der Waals surface area contributed by atoms with Crippen molar-refractivity contribution in [3.05, 3.63) is 59.7 Å². The number of hydrazine groups is 1. The van der Waals surface area contributed by atoms with E-state index >= 15 is 0 Å². The van der Waals surface area contributed by atoms with Gasteiger partial charge in [0.05, 0.1) is 14.2 Å². The molecule has 0 aliphatic carbocycles. The number of hydrogen-bond acceptors (Lipinski definition) is 4. The van der Waals surface area contributed by atoms with E-state index in [9.17, 15) is 9.59 Å². The van der Waals surface area contributed by atoms with E-state index in [1.165, 1.54) is 10.0 Å². The third-order valence-electron chi connectivity index (χ3n) is 4.48. The molecule has 2 saturated heterocycles. The Morgan fingerprint density at radius 1 is 0.769 bits per heavy atom. The van der Waals surface area contributed by atoms with Crippen molar-refractivity contribution >= 4 is 12.1 Å². The average Bonchev–Trinajstić information content (AvgIpc) is 3.20. The zero-order valence-corrected chi connectivity index (χ0v) is 14.3. The van der Waals surface area contributed by atoms with Crippen molar-refractivity contribution in [1.29, 1.82) is 0 Å². The second-order valence-corrected chi connectivity index (χ2v) is 5.95. The third kappa shape index (κ3) is 2.46. The normalized spacial score (nSPS) is 21.3. The first-order valence-corrected chi connectivity index (χ1v) is 8.09. The molecule has 2 aliphatic rings. The summed E-state index contributed by atoms with van der Waals surface area (Å²) in [6.07, 6.45) is -1.21. The molecule has 8 nitrogen and oxygen atoms in total.